The number of carbonyl (C=O) groups is 2. The van der Waals surface area contributed by atoms with Crippen LogP contribution in [-0.4, -0.2) is 34.7 Å². The van der Waals surface area contributed by atoms with Crippen molar-refractivity contribution in [2.24, 2.45) is 28.6 Å². The molecule has 0 radical (unpaired) electrons. The van der Waals surface area contributed by atoms with Gasteiger partial charge in [0.1, 0.15) is 6.10 Å². The number of ether oxygens (including phenoxy) is 1. The first-order valence-corrected chi connectivity index (χ1v) is 11.6. The number of aliphatic hydroxyl groups is 1. The van der Waals surface area contributed by atoms with Gasteiger partial charge >= 0.3 is 5.97 Å². The van der Waals surface area contributed by atoms with Crippen molar-refractivity contribution >= 4 is 11.8 Å². The molecule has 0 spiro atoms. The third-order valence-corrected chi connectivity index (χ3v) is 8.99. The number of alkyl halides is 1. The highest BCUT2D eigenvalue weighted by Crippen LogP contribution is 2.69. The molecular weight excluding hydrogens is 383 g/mol. The highest BCUT2D eigenvalue weighted by atomic mass is 19.1. The van der Waals surface area contributed by atoms with Gasteiger partial charge in [-0.3, -0.25) is 9.59 Å². The van der Waals surface area contributed by atoms with Gasteiger partial charge in [-0.2, -0.15) is 0 Å². The quantitative estimate of drug-likeness (QED) is 0.672. The number of esters is 1. The van der Waals surface area contributed by atoms with E-state index in [4.69, 9.17) is 4.74 Å². The van der Waals surface area contributed by atoms with Crippen LogP contribution in [0.25, 0.3) is 0 Å². The number of hydrogen-bond donors (Lipinski definition) is 1. The van der Waals surface area contributed by atoms with Gasteiger partial charge in [-0.05, 0) is 69.4 Å². The standard InChI is InChI=1S/C25H35FO4/c1-5-7-21(29)30-22-15(3)12-19-18-9-8-16-13-17(27)10-11-23(16,4)25(18,26)20(28)14-24(19,22)6-2/h10-11,13,15,18-20,22,28H,5-9,12,14H2,1-4H3/t15-,18-,19-,20-,22+,23-,24-,25-/m0/s1. The number of aliphatic hydroxyl groups excluding tert-OH is 1. The first-order chi connectivity index (χ1) is 14.1. The van der Waals surface area contributed by atoms with E-state index in [1.54, 1.807) is 12.2 Å². The Bertz CT molecular complexity index is 803. The molecule has 1 N–H and O–H groups in total. The highest BCUT2D eigenvalue weighted by Gasteiger charge is 2.72. The van der Waals surface area contributed by atoms with Gasteiger partial charge in [0.25, 0.3) is 0 Å². The number of rotatable bonds is 4. The summed E-state index contributed by atoms with van der Waals surface area (Å²) < 4.78 is 23.1. The molecular formula is C25H35FO4. The number of ketones is 1. The minimum Gasteiger partial charge on any atom is -0.461 e. The molecule has 0 bridgehead atoms. The fraction of sp³-hybridized carbons (Fsp3) is 0.760. The summed E-state index contributed by atoms with van der Waals surface area (Å²) in [6, 6.07) is 0. The van der Waals surface area contributed by atoms with Crippen molar-refractivity contribution in [1.82, 2.24) is 0 Å². The van der Waals surface area contributed by atoms with Gasteiger partial charge in [0.15, 0.2) is 11.5 Å². The van der Waals surface area contributed by atoms with Gasteiger partial charge in [-0.25, -0.2) is 4.39 Å². The van der Waals surface area contributed by atoms with Crippen molar-refractivity contribution in [2.45, 2.75) is 90.5 Å². The lowest BCUT2D eigenvalue weighted by Gasteiger charge is -2.62. The minimum absolute atomic E-state index is 0.0507. The summed E-state index contributed by atoms with van der Waals surface area (Å²) in [6.45, 7) is 7.97. The van der Waals surface area contributed by atoms with Crippen LogP contribution in [0.2, 0.25) is 0 Å². The molecule has 0 unspecified atom stereocenters. The Kier molecular flexibility index (Phi) is 5.28. The van der Waals surface area contributed by atoms with E-state index in [2.05, 4.69) is 13.8 Å². The number of fused-ring (bicyclic) bond motifs is 5. The van der Waals surface area contributed by atoms with E-state index in [-0.39, 0.29) is 35.6 Å². The maximum atomic E-state index is 17.1. The van der Waals surface area contributed by atoms with Crippen LogP contribution in [0.5, 0.6) is 0 Å². The molecule has 0 aromatic carbocycles. The van der Waals surface area contributed by atoms with Crippen molar-refractivity contribution in [3.63, 3.8) is 0 Å². The maximum absolute atomic E-state index is 17.1. The Hall–Kier alpha value is -1.49. The van der Waals surface area contributed by atoms with E-state index in [0.29, 0.717) is 25.7 Å². The third kappa shape index (κ3) is 2.73. The van der Waals surface area contributed by atoms with Crippen LogP contribution < -0.4 is 0 Å². The number of allylic oxidation sites excluding steroid dienone is 4. The molecule has 0 aromatic rings. The summed E-state index contributed by atoms with van der Waals surface area (Å²) in [5, 5.41) is 11.4. The molecule has 0 aliphatic heterocycles. The van der Waals surface area contributed by atoms with Gasteiger partial charge in [-0.1, -0.05) is 32.4 Å². The van der Waals surface area contributed by atoms with E-state index in [9.17, 15) is 14.7 Å². The van der Waals surface area contributed by atoms with Crippen molar-refractivity contribution in [3.05, 3.63) is 23.8 Å². The first kappa shape index (κ1) is 21.7. The predicted molar refractivity (Wildman–Crippen MR) is 112 cm³/mol. The van der Waals surface area contributed by atoms with Crippen LogP contribution in [0.4, 0.5) is 4.39 Å². The molecule has 4 aliphatic rings. The fourth-order valence-corrected chi connectivity index (χ4v) is 7.55. The second kappa shape index (κ2) is 7.29. The Morgan fingerprint density at radius 3 is 2.73 bits per heavy atom. The molecule has 0 amide bonds. The fourth-order valence-electron chi connectivity index (χ4n) is 7.55. The van der Waals surface area contributed by atoms with Gasteiger partial charge in [0, 0.05) is 23.2 Å². The molecule has 4 rings (SSSR count). The van der Waals surface area contributed by atoms with Crippen LogP contribution in [-0.2, 0) is 14.3 Å². The summed E-state index contributed by atoms with van der Waals surface area (Å²) in [6.07, 6.45) is 7.52. The largest absolute Gasteiger partial charge is 0.461 e. The summed E-state index contributed by atoms with van der Waals surface area (Å²) in [4.78, 5) is 24.3. The molecule has 30 heavy (non-hydrogen) atoms. The monoisotopic (exact) mass is 418 g/mol. The van der Waals surface area contributed by atoms with Crippen molar-refractivity contribution in [3.8, 4) is 0 Å². The Balaban J connectivity index is 1.74. The topological polar surface area (TPSA) is 63.6 Å². The molecule has 5 heteroatoms. The summed E-state index contributed by atoms with van der Waals surface area (Å²) >= 11 is 0. The molecule has 4 aliphatic carbocycles. The minimum atomic E-state index is -1.82. The Morgan fingerprint density at radius 2 is 2.07 bits per heavy atom. The molecule has 4 nitrogen and oxygen atoms in total. The third-order valence-electron chi connectivity index (χ3n) is 8.99. The van der Waals surface area contributed by atoms with Crippen LogP contribution in [0.3, 0.4) is 0 Å². The van der Waals surface area contributed by atoms with Crippen LogP contribution >= 0.6 is 0 Å². The molecule has 8 atom stereocenters. The molecule has 0 saturated heterocycles. The number of halogens is 1. The zero-order valence-corrected chi connectivity index (χ0v) is 18.6. The van der Waals surface area contributed by atoms with E-state index in [1.165, 1.54) is 6.08 Å². The average molecular weight is 419 g/mol. The van der Waals surface area contributed by atoms with Crippen LogP contribution in [0.1, 0.15) is 72.6 Å². The van der Waals surface area contributed by atoms with Crippen molar-refractivity contribution < 1.29 is 23.8 Å². The van der Waals surface area contributed by atoms with Gasteiger partial charge in [0.2, 0.25) is 0 Å². The van der Waals surface area contributed by atoms with E-state index in [0.717, 1.165) is 24.8 Å². The number of hydrogen-bond acceptors (Lipinski definition) is 4. The lowest BCUT2D eigenvalue weighted by atomic mass is 9.45. The summed E-state index contributed by atoms with van der Waals surface area (Å²) in [7, 11) is 0. The molecule has 0 aromatic heterocycles. The second-order valence-corrected chi connectivity index (χ2v) is 10.3. The smallest absolute Gasteiger partial charge is 0.306 e. The first-order valence-electron chi connectivity index (χ1n) is 11.6. The molecule has 3 fully saturated rings. The zero-order chi connectivity index (χ0) is 21.9. The lowest BCUT2D eigenvalue weighted by Crippen LogP contribution is -2.67. The van der Waals surface area contributed by atoms with Crippen LogP contribution in [0, 0.1) is 28.6 Å². The van der Waals surface area contributed by atoms with Gasteiger partial charge in [0.05, 0.1) is 6.10 Å². The zero-order valence-electron chi connectivity index (χ0n) is 18.6. The second-order valence-electron chi connectivity index (χ2n) is 10.3. The van der Waals surface area contributed by atoms with Crippen LogP contribution in [0.15, 0.2) is 23.8 Å². The summed E-state index contributed by atoms with van der Waals surface area (Å²) in [5.41, 5.74) is -2.38. The average Bonchev–Trinajstić information content (AvgIpc) is 2.96. The summed E-state index contributed by atoms with van der Waals surface area (Å²) in [5.74, 6) is -0.425. The van der Waals surface area contributed by atoms with Crippen molar-refractivity contribution in [2.75, 3.05) is 0 Å². The van der Waals surface area contributed by atoms with Gasteiger partial charge < -0.3 is 9.84 Å². The molecule has 166 valence electrons. The lowest BCUT2D eigenvalue weighted by molar-refractivity contribution is -0.212. The number of carbonyl (C=O) groups excluding carboxylic acids is 2. The maximum Gasteiger partial charge on any atom is 0.306 e. The predicted octanol–water partition coefficient (Wildman–Crippen LogP) is 4.71. The van der Waals surface area contributed by atoms with E-state index in [1.807, 2.05) is 13.8 Å². The Morgan fingerprint density at radius 1 is 1.33 bits per heavy atom. The van der Waals surface area contributed by atoms with Crippen molar-refractivity contribution in [1.29, 1.82) is 0 Å². The molecule has 0 heterocycles. The molecule has 3 saturated carbocycles. The van der Waals surface area contributed by atoms with Gasteiger partial charge in [-0.15, -0.1) is 0 Å². The SMILES string of the molecule is CCCC(=O)O[C@@H]1[C@@H](C)C[C@H]2[C@@H]3CCC4=CC(=O)C=C[C@]4(C)[C@@]3(F)[C@@H](O)C[C@]12CC. The normalized spacial score (nSPS) is 47.2. The van der Waals surface area contributed by atoms with E-state index >= 15 is 4.39 Å². The van der Waals surface area contributed by atoms with E-state index < -0.39 is 22.6 Å². The highest BCUT2D eigenvalue weighted by molar-refractivity contribution is 6.01. The Labute approximate surface area is 178 Å².